The van der Waals surface area contributed by atoms with Crippen LogP contribution in [0.4, 0.5) is 0 Å². The fraction of sp³-hybridized carbons (Fsp3) is 0.714. The molecule has 0 aliphatic carbocycles. The van der Waals surface area contributed by atoms with Gasteiger partial charge < -0.3 is 19.5 Å². The molecule has 3 heterocycles. The zero-order chi connectivity index (χ0) is 19.2. The lowest BCUT2D eigenvalue weighted by Gasteiger charge is -2.41. The summed E-state index contributed by atoms with van der Waals surface area (Å²) in [4.78, 5) is 29.1. The third kappa shape index (κ3) is 5.34. The van der Waals surface area contributed by atoms with Gasteiger partial charge in [0.1, 0.15) is 0 Å². The molecular weight excluding hydrogens is 342 g/mol. The first-order chi connectivity index (χ1) is 13.0. The molecular formula is C21H33N3O3. The van der Waals surface area contributed by atoms with E-state index in [-0.39, 0.29) is 17.7 Å². The van der Waals surface area contributed by atoms with Crippen molar-refractivity contribution in [3.63, 3.8) is 0 Å². The van der Waals surface area contributed by atoms with Crippen molar-refractivity contribution in [3.05, 3.63) is 24.2 Å². The van der Waals surface area contributed by atoms with Crippen LogP contribution < -0.4 is 5.32 Å². The number of likely N-dealkylation sites (tertiary alicyclic amines) is 2. The maximum absolute atomic E-state index is 12.4. The molecule has 6 nitrogen and oxygen atoms in total. The summed E-state index contributed by atoms with van der Waals surface area (Å²) >= 11 is 0. The molecule has 2 amide bonds. The first-order valence-corrected chi connectivity index (χ1v) is 10.4. The van der Waals surface area contributed by atoms with E-state index in [1.165, 1.54) is 0 Å². The zero-order valence-electron chi connectivity index (χ0n) is 16.7. The van der Waals surface area contributed by atoms with Crippen molar-refractivity contribution in [2.75, 3.05) is 32.7 Å². The molecule has 1 N–H and O–H groups in total. The van der Waals surface area contributed by atoms with E-state index in [1.807, 2.05) is 4.90 Å². The lowest BCUT2D eigenvalue weighted by Crippen LogP contribution is -2.50. The molecule has 3 rings (SSSR count). The summed E-state index contributed by atoms with van der Waals surface area (Å²) in [6.07, 6.45) is 6.47. The minimum atomic E-state index is -0.00442. The Morgan fingerprint density at radius 1 is 1.15 bits per heavy atom. The average Bonchev–Trinajstić information content (AvgIpc) is 3.22. The van der Waals surface area contributed by atoms with Crippen LogP contribution in [0.3, 0.4) is 0 Å². The average molecular weight is 376 g/mol. The van der Waals surface area contributed by atoms with E-state index in [4.69, 9.17) is 4.42 Å². The van der Waals surface area contributed by atoms with Gasteiger partial charge in [-0.15, -0.1) is 0 Å². The molecule has 2 aliphatic rings. The first kappa shape index (κ1) is 19.9. The minimum absolute atomic E-state index is 0.00442. The van der Waals surface area contributed by atoms with Crippen LogP contribution in [-0.4, -0.2) is 60.4 Å². The van der Waals surface area contributed by atoms with Crippen LogP contribution in [0.1, 0.15) is 56.5 Å². The van der Waals surface area contributed by atoms with Crippen molar-refractivity contribution in [1.82, 2.24) is 15.1 Å². The lowest BCUT2D eigenvalue weighted by molar-refractivity contribution is -0.126. The van der Waals surface area contributed by atoms with Crippen LogP contribution in [0.2, 0.25) is 0 Å². The Morgan fingerprint density at radius 3 is 2.44 bits per heavy atom. The van der Waals surface area contributed by atoms with Crippen molar-refractivity contribution < 1.29 is 14.0 Å². The first-order valence-electron chi connectivity index (χ1n) is 10.4. The van der Waals surface area contributed by atoms with Crippen molar-refractivity contribution >= 4 is 11.8 Å². The zero-order valence-corrected chi connectivity index (χ0v) is 16.7. The molecule has 2 fully saturated rings. The molecule has 0 radical (unpaired) electrons. The number of nitrogens with zero attached hydrogens (tertiary/aromatic N) is 2. The Morgan fingerprint density at radius 2 is 1.85 bits per heavy atom. The number of hydrogen-bond acceptors (Lipinski definition) is 4. The van der Waals surface area contributed by atoms with Gasteiger partial charge in [0.15, 0.2) is 5.76 Å². The van der Waals surface area contributed by atoms with Gasteiger partial charge in [-0.2, -0.15) is 0 Å². The monoisotopic (exact) mass is 375 g/mol. The van der Waals surface area contributed by atoms with Gasteiger partial charge in [0.2, 0.25) is 5.91 Å². The summed E-state index contributed by atoms with van der Waals surface area (Å²) < 4.78 is 5.23. The van der Waals surface area contributed by atoms with Crippen LogP contribution >= 0.6 is 0 Å². The number of nitrogens with one attached hydrogen (secondary N) is 1. The molecule has 1 aromatic heterocycles. The van der Waals surface area contributed by atoms with E-state index in [0.29, 0.717) is 17.7 Å². The van der Waals surface area contributed by atoms with Gasteiger partial charge in [0.05, 0.1) is 6.26 Å². The van der Waals surface area contributed by atoms with Crippen LogP contribution in [0.15, 0.2) is 22.8 Å². The van der Waals surface area contributed by atoms with Crippen LogP contribution in [0, 0.1) is 11.8 Å². The number of furan rings is 1. The Labute approximate surface area is 162 Å². The van der Waals surface area contributed by atoms with Gasteiger partial charge in [-0.1, -0.05) is 13.8 Å². The van der Waals surface area contributed by atoms with E-state index in [0.717, 1.165) is 64.8 Å². The molecule has 0 saturated carbocycles. The predicted molar refractivity (Wildman–Crippen MR) is 104 cm³/mol. The molecule has 1 aromatic rings. The maximum Gasteiger partial charge on any atom is 0.289 e. The topological polar surface area (TPSA) is 65.8 Å². The summed E-state index contributed by atoms with van der Waals surface area (Å²) in [6, 6.07) is 4.00. The molecule has 6 heteroatoms. The summed E-state index contributed by atoms with van der Waals surface area (Å²) in [6.45, 7) is 8.67. The fourth-order valence-corrected chi connectivity index (χ4v) is 4.15. The summed E-state index contributed by atoms with van der Waals surface area (Å²) in [5.41, 5.74) is 0. The summed E-state index contributed by atoms with van der Waals surface area (Å²) in [5, 5.41) is 3.10. The van der Waals surface area contributed by atoms with Crippen molar-refractivity contribution in [2.24, 2.45) is 11.8 Å². The highest BCUT2D eigenvalue weighted by molar-refractivity contribution is 5.91. The predicted octanol–water partition coefficient (Wildman–Crippen LogP) is 2.76. The Hall–Kier alpha value is -1.82. The second kappa shape index (κ2) is 9.40. The van der Waals surface area contributed by atoms with Gasteiger partial charge in [-0.3, -0.25) is 9.59 Å². The molecule has 150 valence electrons. The number of piperidine rings is 2. The smallest absolute Gasteiger partial charge is 0.289 e. The number of rotatable bonds is 6. The molecule has 0 atom stereocenters. The molecule has 2 aliphatic heterocycles. The highest BCUT2D eigenvalue weighted by Crippen LogP contribution is 2.25. The highest BCUT2D eigenvalue weighted by atomic mass is 16.3. The largest absolute Gasteiger partial charge is 0.459 e. The third-order valence-corrected chi connectivity index (χ3v) is 5.92. The molecule has 0 bridgehead atoms. The Bertz CT molecular complexity index is 598. The van der Waals surface area contributed by atoms with Crippen molar-refractivity contribution in [2.45, 2.75) is 52.0 Å². The van der Waals surface area contributed by atoms with Gasteiger partial charge in [-0.25, -0.2) is 0 Å². The maximum atomic E-state index is 12.4. The SMILES string of the molecule is CC(C)CCNC(=O)C1CCN(C2CCN(C(=O)c3ccco3)CC2)CC1. The minimum Gasteiger partial charge on any atom is -0.459 e. The number of carbonyl (C=O) groups is 2. The number of carbonyl (C=O) groups excluding carboxylic acids is 2. The highest BCUT2D eigenvalue weighted by Gasteiger charge is 2.32. The third-order valence-electron chi connectivity index (χ3n) is 5.92. The van der Waals surface area contributed by atoms with Gasteiger partial charge in [0, 0.05) is 31.6 Å². The molecule has 0 spiro atoms. The normalized spacial score (nSPS) is 20.2. The van der Waals surface area contributed by atoms with E-state index < -0.39 is 0 Å². The molecule has 2 saturated heterocycles. The number of hydrogen-bond donors (Lipinski definition) is 1. The molecule has 27 heavy (non-hydrogen) atoms. The second-order valence-corrected chi connectivity index (χ2v) is 8.28. The lowest BCUT2D eigenvalue weighted by atomic mass is 9.92. The van der Waals surface area contributed by atoms with E-state index >= 15 is 0 Å². The fourth-order valence-electron chi connectivity index (χ4n) is 4.15. The van der Waals surface area contributed by atoms with Gasteiger partial charge in [0.25, 0.3) is 5.91 Å². The summed E-state index contributed by atoms with van der Waals surface area (Å²) in [5.74, 6) is 1.44. The van der Waals surface area contributed by atoms with Gasteiger partial charge in [-0.05, 0) is 63.2 Å². The Balaban J connectivity index is 1.38. The van der Waals surface area contributed by atoms with E-state index in [1.54, 1.807) is 18.4 Å². The van der Waals surface area contributed by atoms with Crippen molar-refractivity contribution in [3.8, 4) is 0 Å². The van der Waals surface area contributed by atoms with Gasteiger partial charge >= 0.3 is 0 Å². The number of amides is 2. The van der Waals surface area contributed by atoms with Crippen LogP contribution in [-0.2, 0) is 4.79 Å². The second-order valence-electron chi connectivity index (χ2n) is 8.28. The van der Waals surface area contributed by atoms with Crippen LogP contribution in [0.25, 0.3) is 0 Å². The van der Waals surface area contributed by atoms with E-state index in [2.05, 4.69) is 24.1 Å². The molecule has 0 unspecified atom stereocenters. The van der Waals surface area contributed by atoms with E-state index in [9.17, 15) is 9.59 Å². The quantitative estimate of drug-likeness (QED) is 0.830. The molecule has 0 aromatic carbocycles. The Kier molecular flexibility index (Phi) is 6.94. The standard InChI is InChI=1S/C21H33N3O3/c1-16(2)5-10-22-20(25)17-6-11-23(12-7-17)18-8-13-24(14-9-18)21(26)19-4-3-15-27-19/h3-4,15-18H,5-14H2,1-2H3,(H,22,25). The van der Waals surface area contributed by atoms with Crippen LogP contribution in [0.5, 0.6) is 0 Å². The summed E-state index contributed by atoms with van der Waals surface area (Å²) in [7, 11) is 0. The van der Waals surface area contributed by atoms with Crippen molar-refractivity contribution in [1.29, 1.82) is 0 Å².